The molecule has 0 amide bonds. The lowest BCUT2D eigenvalue weighted by Crippen LogP contribution is -2.25. The highest BCUT2D eigenvalue weighted by Gasteiger charge is 2.16. The fourth-order valence-electron chi connectivity index (χ4n) is 2.79. The molecule has 100 valence electrons. The van der Waals surface area contributed by atoms with Crippen LogP contribution in [-0.4, -0.2) is 9.67 Å². The van der Waals surface area contributed by atoms with E-state index >= 15 is 0 Å². The Kier molecular flexibility index (Phi) is 4.45. The zero-order chi connectivity index (χ0) is 13.0. The SMILES string of the molecule is CCCCn1c2c(c(O)cc1=O)CCCCCC2. The van der Waals surface area contributed by atoms with Crippen LogP contribution in [0.2, 0.25) is 0 Å². The van der Waals surface area contributed by atoms with Gasteiger partial charge in [0, 0.05) is 23.9 Å². The molecule has 0 saturated carbocycles. The second-order valence-corrected chi connectivity index (χ2v) is 5.21. The van der Waals surface area contributed by atoms with Crippen molar-refractivity contribution in [1.82, 2.24) is 4.57 Å². The Labute approximate surface area is 108 Å². The minimum atomic E-state index is -0.0414. The number of nitrogens with zero attached hydrogens (tertiary/aromatic N) is 1. The highest BCUT2D eigenvalue weighted by molar-refractivity contribution is 5.36. The molecule has 1 aliphatic carbocycles. The molecule has 0 radical (unpaired) electrons. The summed E-state index contributed by atoms with van der Waals surface area (Å²) in [5.41, 5.74) is 2.07. The maximum absolute atomic E-state index is 12.0. The maximum atomic E-state index is 12.0. The average molecular weight is 249 g/mol. The van der Waals surface area contributed by atoms with Gasteiger partial charge in [-0.2, -0.15) is 0 Å². The fraction of sp³-hybridized carbons (Fsp3) is 0.667. The largest absolute Gasteiger partial charge is 0.507 e. The second-order valence-electron chi connectivity index (χ2n) is 5.21. The molecule has 1 heterocycles. The molecule has 2 rings (SSSR count). The van der Waals surface area contributed by atoms with Crippen molar-refractivity contribution in [2.75, 3.05) is 0 Å². The van der Waals surface area contributed by atoms with E-state index in [1.54, 1.807) is 0 Å². The predicted octanol–water partition coefficient (Wildman–Crippen LogP) is 3.01. The number of pyridine rings is 1. The van der Waals surface area contributed by atoms with Gasteiger partial charge in [-0.3, -0.25) is 4.79 Å². The van der Waals surface area contributed by atoms with Crippen LogP contribution in [-0.2, 0) is 19.4 Å². The Balaban J connectivity index is 2.44. The molecule has 0 aromatic carbocycles. The van der Waals surface area contributed by atoms with Gasteiger partial charge >= 0.3 is 0 Å². The fourth-order valence-corrected chi connectivity index (χ4v) is 2.79. The van der Waals surface area contributed by atoms with Gasteiger partial charge in [-0.15, -0.1) is 0 Å². The summed E-state index contributed by atoms with van der Waals surface area (Å²) in [5, 5.41) is 9.99. The van der Waals surface area contributed by atoms with E-state index in [9.17, 15) is 9.90 Å². The summed E-state index contributed by atoms with van der Waals surface area (Å²) in [7, 11) is 0. The van der Waals surface area contributed by atoms with Crippen LogP contribution < -0.4 is 5.56 Å². The normalized spacial score (nSPS) is 15.8. The van der Waals surface area contributed by atoms with Gasteiger partial charge < -0.3 is 9.67 Å². The zero-order valence-corrected chi connectivity index (χ0v) is 11.2. The van der Waals surface area contributed by atoms with Crippen molar-refractivity contribution in [3.63, 3.8) is 0 Å². The minimum Gasteiger partial charge on any atom is -0.507 e. The number of rotatable bonds is 3. The molecule has 0 fully saturated rings. The average Bonchev–Trinajstić information content (AvgIpc) is 2.30. The molecule has 0 atom stereocenters. The van der Waals surface area contributed by atoms with Gasteiger partial charge in [0.1, 0.15) is 5.75 Å². The lowest BCUT2D eigenvalue weighted by molar-refractivity contribution is 0.449. The lowest BCUT2D eigenvalue weighted by Gasteiger charge is -2.20. The van der Waals surface area contributed by atoms with Gasteiger partial charge in [0.15, 0.2) is 0 Å². The molecule has 1 aliphatic rings. The second kappa shape index (κ2) is 6.07. The van der Waals surface area contributed by atoms with E-state index in [0.717, 1.165) is 56.3 Å². The van der Waals surface area contributed by atoms with Crippen LogP contribution in [0.1, 0.15) is 56.7 Å². The zero-order valence-electron chi connectivity index (χ0n) is 11.2. The van der Waals surface area contributed by atoms with Crippen LogP contribution in [0.4, 0.5) is 0 Å². The number of aromatic nitrogens is 1. The van der Waals surface area contributed by atoms with Gasteiger partial charge in [0.05, 0.1) is 0 Å². The van der Waals surface area contributed by atoms with Crippen LogP contribution in [0.15, 0.2) is 10.9 Å². The number of hydrogen-bond donors (Lipinski definition) is 1. The van der Waals surface area contributed by atoms with E-state index in [2.05, 4.69) is 6.92 Å². The van der Waals surface area contributed by atoms with E-state index in [1.165, 1.54) is 18.9 Å². The van der Waals surface area contributed by atoms with Crippen molar-refractivity contribution in [3.8, 4) is 5.75 Å². The van der Waals surface area contributed by atoms with Gasteiger partial charge in [-0.25, -0.2) is 0 Å². The number of aromatic hydroxyl groups is 1. The van der Waals surface area contributed by atoms with Gasteiger partial charge in [-0.05, 0) is 32.1 Å². The topological polar surface area (TPSA) is 42.2 Å². The monoisotopic (exact) mass is 249 g/mol. The standard InChI is InChI=1S/C15H23NO2/c1-2-3-10-16-13-9-7-5-4-6-8-12(13)14(17)11-15(16)18/h11,17H,2-10H2,1H3. The summed E-state index contributed by atoms with van der Waals surface area (Å²) in [6.07, 6.45) is 8.66. The van der Waals surface area contributed by atoms with E-state index in [1.807, 2.05) is 4.57 Å². The summed E-state index contributed by atoms with van der Waals surface area (Å²) in [6, 6.07) is 1.40. The third-order valence-electron chi connectivity index (χ3n) is 3.84. The molecule has 1 aromatic heterocycles. The van der Waals surface area contributed by atoms with E-state index < -0.39 is 0 Å². The summed E-state index contributed by atoms with van der Waals surface area (Å²) in [6.45, 7) is 2.92. The number of unbranched alkanes of at least 4 members (excludes halogenated alkanes) is 1. The predicted molar refractivity (Wildman–Crippen MR) is 73.2 cm³/mol. The van der Waals surface area contributed by atoms with Crippen molar-refractivity contribution in [1.29, 1.82) is 0 Å². The van der Waals surface area contributed by atoms with Crippen molar-refractivity contribution in [3.05, 3.63) is 27.7 Å². The van der Waals surface area contributed by atoms with Crippen molar-refractivity contribution < 1.29 is 5.11 Å². The Morgan fingerprint density at radius 1 is 1.22 bits per heavy atom. The van der Waals surface area contributed by atoms with Crippen LogP contribution >= 0.6 is 0 Å². The Hall–Kier alpha value is -1.25. The van der Waals surface area contributed by atoms with Crippen LogP contribution in [0.5, 0.6) is 5.75 Å². The third kappa shape index (κ3) is 2.77. The maximum Gasteiger partial charge on any atom is 0.254 e. The Bertz CT molecular complexity index is 462. The van der Waals surface area contributed by atoms with Gasteiger partial charge in [0.25, 0.3) is 5.56 Å². The van der Waals surface area contributed by atoms with E-state index in [4.69, 9.17) is 0 Å². The number of hydrogen-bond acceptors (Lipinski definition) is 2. The lowest BCUT2D eigenvalue weighted by atomic mass is 9.96. The van der Waals surface area contributed by atoms with Crippen molar-refractivity contribution in [2.45, 2.75) is 64.8 Å². The molecule has 3 heteroatoms. The summed E-state index contributed by atoms with van der Waals surface area (Å²) in [4.78, 5) is 12.0. The number of fused-ring (bicyclic) bond motifs is 1. The molecule has 0 unspecified atom stereocenters. The molecule has 1 aromatic rings. The smallest absolute Gasteiger partial charge is 0.254 e. The Morgan fingerprint density at radius 3 is 2.67 bits per heavy atom. The first-order valence-corrected chi connectivity index (χ1v) is 7.18. The van der Waals surface area contributed by atoms with Crippen LogP contribution in [0.25, 0.3) is 0 Å². The van der Waals surface area contributed by atoms with Gasteiger partial charge in [-0.1, -0.05) is 26.2 Å². The molecule has 0 bridgehead atoms. The summed E-state index contributed by atoms with van der Waals surface area (Å²) < 4.78 is 1.89. The van der Waals surface area contributed by atoms with Crippen molar-refractivity contribution >= 4 is 0 Å². The molecule has 18 heavy (non-hydrogen) atoms. The molecule has 0 aliphatic heterocycles. The summed E-state index contributed by atoms with van der Waals surface area (Å²) in [5.74, 6) is 0.213. The molecule has 1 N–H and O–H groups in total. The van der Waals surface area contributed by atoms with Crippen LogP contribution in [0.3, 0.4) is 0 Å². The molecule has 0 saturated heterocycles. The molecule has 0 spiro atoms. The first-order valence-electron chi connectivity index (χ1n) is 7.18. The quantitative estimate of drug-likeness (QED) is 0.894. The summed E-state index contributed by atoms with van der Waals surface area (Å²) >= 11 is 0. The third-order valence-corrected chi connectivity index (χ3v) is 3.84. The Morgan fingerprint density at radius 2 is 1.94 bits per heavy atom. The molecule has 3 nitrogen and oxygen atoms in total. The first kappa shape index (κ1) is 13.2. The first-order chi connectivity index (χ1) is 8.74. The van der Waals surface area contributed by atoms with E-state index in [0.29, 0.717) is 0 Å². The highest BCUT2D eigenvalue weighted by Crippen LogP contribution is 2.26. The van der Waals surface area contributed by atoms with Crippen molar-refractivity contribution in [2.24, 2.45) is 0 Å². The van der Waals surface area contributed by atoms with E-state index in [-0.39, 0.29) is 11.3 Å². The molecular formula is C15H23NO2. The minimum absolute atomic E-state index is 0.0414. The molecular weight excluding hydrogens is 226 g/mol. The van der Waals surface area contributed by atoms with Gasteiger partial charge in [0.2, 0.25) is 0 Å². The highest BCUT2D eigenvalue weighted by atomic mass is 16.3. The van der Waals surface area contributed by atoms with Crippen LogP contribution in [0, 0.1) is 0 Å².